The van der Waals surface area contributed by atoms with Crippen LogP contribution < -0.4 is 5.73 Å². The topological polar surface area (TPSA) is 39.2 Å². The smallest absolute Gasteiger partial charge is 0.161 e. The number of thiocarbonyl (C=S) groups is 1. The van der Waals surface area contributed by atoms with Crippen LogP contribution in [0.15, 0.2) is 28.7 Å². The Hall–Kier alpha value is -1.35. The van der Waals surface area contributed by atoms with Crippen LogP contribution in [0.1, 0.15) is 5.76 Å². The van der Waals surface area contributed by atoms with Gasteiger partial charge >= 0.3 is 0 Å². The molecule has 2 aromatic rings. The summed E-state index contributed by atoms with van der Waals surface area (Å²) in [7, 11) is 0. The van der Waals surface area contributed by atoms with Crippen LogP contribution in [-0.4, -0.2) is 5.37 Å². The molecule has 0 amide bonds. The van der Waals surface area contributed by atoms with Crippen molar-refractivity contribution in [2.45, 2.75) is 0 Å². The predicted molar refractivity (Wildman–Crippen MR) is 53.4 cm³/mol. The van der Waals surface area contributed by atoms with Crippen molar-refractivity contribution < 1.29 is 4.42 Å². The monoisotopic (exact) mass is 177 g/mol. The van der Waals surface area contributed by atoms with E-state index in [0.29, 0.717) is 11.4 Å². The van der Waals surface area contributed by atoms with Crippen LogP contribution in [0.5, 0.6) is 0 Å². The summed E-state index contributed by atoms with van der Waals surface area (Å²) in [5, 5.41) is 2.38. The number of benzene rings is 1. The Morgan fingerprint density at radius 3 is 2.75 bits per heavy atom. The Kier molecular flexibility index (Phi) is 1.59. The molecule has 0 unspecified atom stereocenters. The average molecular weight is 177 g/mol. The first-order valence-electron chi connectivity index (χ1n) is 3.55. The standard InChI is InChI=1S/C9H7NOS/c10-9-6-3-1-2-4-7(6)11-8(9)5-12/h1-5H,10H2. The van der Waals surface area contributed by atoms with Crippen molar-refractivity contribution >= 4 is 34.2 Å². The molecule has 3 heteroatoms. The maximum atomic E-state index is 5.76. The molecule has 1 aromatic carbocycles. The third-order valence-corrected chi connectivity index (χ3v) is 1.98. The Labute approximate surface area is 75.0 Å². The summed E-state index contributed by atoms with van der Waals surface area (Å²) in [5.74, 6) is 0.575. The van der Waals surface area contributed by atoms with Gasteiger partial charge in [0.15, 0.2) is 5.76 Å². The molecule has 2 N–H and O–H groups in total. The van der Waals surface area contributed by atoms with E-state index in [1.807, 2.05) is 24.3 Å². The summed E-state index contributed by atoms with van der Waals surface area (Å²) in [6.45, 7) is 0. The first-order valence-corrected chi connectivity index (χ1v) is 4.02. The molecule has 0 saturated heterocycles. The van der Waals surface area contributed by atoms with E-state index in [4.69, 9.17) is 22.4 Å². The molecule has 0 aliphatic rings. The van der Waals surface area contributed by atoms with Gasteiger partial charge in [-0.05, 0) is 12.1 Å². The average Bonchev–Trinajstić information content (AvgIpc) is 2.44. The SMILES string of the molecule is Nc1c(C=S)oc2ccccc12. The van der Waals surface area contributed by atoms with Crippen LogP contribution in [0.4, 0.5) is 5.69 Å². The highest BCUT2D eigenvalue weighted by Crippen LogP contribution is 2.26. The highest BCUT2D eigenvalue weighted by molar-refractivity contribution is 7.79. The van der Waals surface area contributed by atoms with E-state index in [2.05, 4.69) is 0 Å². The van der Waals surface area contributed by atoms with E-state index < -0.39 is 0 Å². The second-order valence-electron chi connectivity index (χ2n) is 2.49. The van der Waals surface area contributed by atoms with Gasteiger partial charge < -0.3 is 10.2 Å². The Morgan fingerprint density at radius 2 is 2.08 bits per heavy atom. The van der Waals surface area contributed by atoms with Gasteiger partial charge in [-0.3, -0.25) is 0 Å². The molecule has 1 aromatic heterocycles. The maximum absolute atomic E-state index is 5.76. The molecule has 0 saturated carbocycles. The van der Waals surface area contributed by atoms with Crippen LogP contribution in [0.3, 0.4) is 0 Å². The first-order chi connectivity index (χ1) is 5.83. The van der Waals surface area contributed by atoms with Crippen molar-refractivity contribution in [3.63, 3.8) is 0 Å². The number of nitrogens with two attached hydrogens (primary N) is 1. The molecule has 2 rings (SSSR count). The quantitative estimate of drug-likeness (QED) is 0.679. The Morgan fingerprint density at radius 1 is 1.33 bits per heavy atom. The summed E-state index contributed by atoms with van der Waals surface area (Å²) in [4.78, 5) is 0. The van der Waals surface area contributed by atoms with Crippen molar-refractivity contribution in [1.29, 1.82) is 0 Å². The third kappa shape index (κ3) is 0.905. The highest BCUT2D eigenvalue weighted by Gasteiger charge is 2.06. The van der Waals surface area contributed by atoms with Gasteiger partial charge in [-0.2, -0.15) is 0 Å². The van der Waals surface area contributed by atoms with E-state index in [1.54, 1.807) is 0 Å². The van der Waals surface area contributed by atoms with Gasteiger partial charge in [0.05, 0.1) is 5.69 Å². The third-order valence-electron chi connectivity index (χ3n) is 1.77. The fourth-order valence-corrected chi connectivity index (χ4v) is 1.35. The minimum atomic E-state index is 0.575. The van der Waals surface area contributed by atoms with Gasteiger partial charge in [-0.25, -0.2) is 0 Å². The lowest BCUT2D eigenvalue weighted by Gasteiger charge is -1.85. The highest BCUT2D eigenvalue weighted by atomic mass is 32.1. The zero-order chi connectivity index (χ0) is 8.55. The summed E-state index contributed by atoms with van der Waals surface area (Å²) >= 11 is 4.75. The predicted octanol–water partition coefficient (Wildman–Crippen LogP) is 2.36. The zero-order valence-electron chi connectivity index (χ0n) is 6.28. The molecule has 0 atom stereocenters. The van der Waals surface area contributed by atoms with E-state index in [-0.39, 0.29) is 0 Å². The minimum absolute atomic E-state index is 0.575. The Bertz CT molecular complexity index is 433. The molecule has 0 aliphatic carbocycles. The van der Waals surface area contributed by atoms with Crippen molar-refractivity contribution in [2.24, 2.45) is 0 Å². The lowest BCUT2D eigenvalue weighted by atomic mass is 10.2. The summed E-state index contributed by atoms with van der Waals surface area (Å²) < 4.78 is 5.36. The number of fused-ring (bicyclic) bond motifs is 1. The van der Waals surface area contributed by atoms with E-state index in [1.165, 1.54) is 5.37 Å². The molecule has 0 radical (unpaired) electrons. The summed E-state index contributed by atoms with van der Waals surface area (Å²) in [5.41, 5.74) is 7.17. The van der Waals surface area contributed by atoms with E-state index in [0.717, 1.165) is 11.0 Å². The second-order valence-corrected chi connectivity index (χ2v) is 2.73. The van der Waals surface area contributed by atoms with Crippen molar-refractivity contribution in [3.8, 4) is 0 Å². The number of furan rings is 1. The second kappa shape index (κ2) is 2.60. The van der Waals surface area contributed by atoms with E-state index >= 15 is 0 Å². The number of rotatable bonds is 1. The van der Waals surface area contributed by atoms with Crippen LogP contribution in [-0.2, 0) is 0 Å². The van der Waals surface area contributed by atoms with Crippen molar-refractivity contribution in [2.75, 3.05) is 5.73 Å². The lowest BCUT2D eigenvalue weighted by molar-refractivity contribution is 0.611. The van der Waals surface area contributed by atoms with Crippen LogP contribution in [0.25, 0.3) is 11.0 Å². The molecule has 0 fully saturated rings. The lowest BCUT2D eigenvalue weighted by Crippen LogP contribution is -1.86. The largest absolute Gasteiger partial charge is 0.454 e. The van der Waals surface area contributed by atoms with Gasteiger partial charge in [-0.1, -0.05) is 24.4 Å². The van der Waals surface area contributed by atoms with Gasteiger partial charge in [0.2, 0.25) is 0 Å². The zero-order valence-corrected chi connectivity index (χ0v) is 7.10. The number of anilines is 1. The summed E-state index contributed by atoms with van der Waals surface area (Å²) in [6.07, 6.45) is 0. The van der Waals surface area contributed by atoms with Gasteiger partial charge in [0.25, 0.3) is 0 Å². The number of hydrogen-bond donors (Lipinski definition) is 1. The fourth-order valence-electron chi connectivity index (χ4n) is 1.17. The van der Waals surface area contributed by atoms with Gasteiger partial charge in [-0.15, -0.1) is 0 Å². The van der Waals surface area contributed by atoms with Crippen molar-refractivity contribution in [1.82, 2.24) is 0 Å². The number of hydrogen-bond acceptors (Lipinski definition) is 3. The maximum Gasteiger partial charge on any atom is 0.161 e. The van der Waals surface area contributed by atoms with Crippen LogP contribution in [0, 0.1) is 0 Å². The molecule has 0 spiro atoms. The van der Waals surface area contributed by atoms with Gasteiger partial charge in [0.1, 0.15) is 5.58 Å². The molecule has 0 bridgehead atoms. The molecule has 60 valence electrons. The normalized spacial score (nSPS) is 10.3. The molecule has 12 heavy (non-hydrogen) atoms. The first kappa shape index (κ1) is 7.31. The number of para-hydroxylation sites is 1. The molecular formula is C9H7NOS. The molecule has 0 aliphatic heterocycles. The fraction of sp³-hybridized carbons (Fsp3) is 0. The van der Waals surface area contributed by atoms with Crippen LogP contribution in [0.2, 0.25) is 0 Å². The molecular weight excluding hydrogens is 170 g/mol. The van der Waals surface area contributed by atoms with E-state index in [9.17, 15) is 0 Å². The minimum Gasteiger partial charge on any atom is -0.454 e. The Balaban J connectivity index is 2.87. The molecule has 2 nitrogen and oxygen atoms in total. The van der Waals surface area contributed by atoms with Crippen molar-refractivity contribution in [3.05, 3.63) is 30.0 Å². The van der Waals surface area contributed by atoms with Gasteiger partial charge in [0, 0.05) is 10.8 Å². The van der Waals surface area contributed by atoms with Crippen LogP contribution >= 0.6 is 12.2 Å². The number of nitrogen functional groups attached to an aromatic ring is 1. The molecule has 1 heterocycles. The summed E-state index contributed by atoms with van der Waals surface area (Å²) in [6, 6.07) is 7.60.